The Bertz CT molecular complexity index is 468. The van der Waals surface area contributed by atoms with E-state index in [0.29, 0.717) is 14.6 Å². The van der Waals surface area contributed by atoms with E-state index < -0.39 is 18.0 Å². The van der Waals surface area contributed by atoms with Gasteiger partial charge in [-0.3, -0.25) is 4.79 Å². The smallest absolute Gasteiger partial charge is 0.325 e. The fraction of sp³-hybridized carbons (Fsp3) is 0.273. The number of aliphatic carboxylic acids is 1. The molecule has 0 aromatic heterocycles. The Hall–Kier alpha value is -1.08. The first-order valence-electron chi connectivity index (χ1n) is 5.07. The van der Waals surface area contributed by atoms with Crippen LogP contribution >= 0.6 is 31.9 Å². The highest BCUT2D eigenvalue weighted by Gasteiger charge is 2.15. The van der Waals surface area contributed by atoms with Crippen LogP contribution in [0.2, 0.25) is 0 Å². The number of amides is 2. The van der Waals surface area contributed by atoms with E-state index in [1.165, 1.54) is 6.92 Å². The number of rotatable bonds is 3. The van der Waals surface area contributed by atoms with Gasteiger partial charge in [0.15, 0.2) is 0 Å². The quantitative estimate of drug-likeness (QED) is 0.754. The van der Waals surface area contributed by atoms with Gasteiger partial charge in [0.25, 0.3) is 0 Å². The topological polar surface area (TPSA) is 78.4 Å². The van der Waals surface area contributed by atoms with Gasteiger partial charge in [0.2, 0.25) is 0 Å². The van der Waals surface area contributed by atoms with Gasteiger partial charge in [-0.05, 0) is 63.4 Å². The van der Waals surface area contributed by atoms with E-state index >= 15 is 0 Å². The molecular weight excluding hydrogens is 368 g/mol. The average Bonchev–Trinajstić information content (AvgIpc) is 2.23. The predicted octanol–water partition coefficient (Wildman–Crippen LogP) is 3.11. The molecule has 0 saturated heterocycles. The van der Waals surface area contributed by atoms with Crippen LogP contribution < -0.4 is 10.6 Å². The Labute approximate surface area is 121 Å². The summed E-state index contributed by atoms with van der Waals surface area (Å²) in [5, 5.41) is 13.6. The molecule has 7 heteroatoms. The second-order valence-corrected chi connectivity index (χ2v) is 5.47. The second kappa shape index (κ2) is 6.19. The molecule has 1 rings (SSSR count). The van der Waals surface area contributed by atoms with Gasteiger partial charge in [-0.1, -0.05) is 0 Å². The van der Waals surface area contributed by atoms with Crippen molar-refractivity contribution in [3.8, 4) is 0 Å². The van der Waals surface area contributed by atoms with Crippen LogP contribution in [-0.2, 0) is 4.79 Å². The van der Waals surface area contributed by atoms with Gasteiger partial charge in [-0.15, -0.1) is 0 Å². The van der Waals surface area contributed by atoms with Gasteiger partial charge < -0.3 is 15.7 Å². The van der Waals surface area contributed by atoms with Crippen molar-refractivity contribution >= 4 is 49.5 Å². The Morgan fingerprint density at radius 3 is 2.22 bits per heavy atom. The van der Waals surface area contributed by atoms with E-state index in [9.17, 15) is 9.59 Å². The first kappa shape index (κ1) is 15.0. The van der Waals surface area contributed by atoms with Crippen LogP contribution in [0.1, 0.15) is 12.5 Å². The summed E-state index contributed by atoms with van der Waals surface area (Å²) in [4.78, 5) is 22.2. The van der Waals surface area contributed by atoms with Crippen molar-refractivity contribution in [3.63, 3.8) is 0 Å². The largest absolute Gasteiger partial charge is 0.480 e. The highest BCUT2D eigenvalue weighted by atomic mass is 79.9. The number of hydrogen-bond acceptors (Lipinski definition) is 2. The Morgan fingerprint density at radius 2 is 1.78 bits per heavy atom. The molecule has 5 nitrogen and oxygen atoms in total. The maximum absolute atomic E-state index is 11.6. The number of carboxylic acid groups (broad SMARTS) is 1. The molecular formula is C11H12Br2N2O3. The van der Waals surface area contributed by atoms with Crippen molar-refractivity contribution in [2.45, 2.75) is 19.9 Å². The Kier molecular flexibility index (Phi) is 5.15. The molecule has 3 N–H and O–H groups in total. The summed E-state index contributed by atoms with van der Waals surface area (Å²) >= 11 is 6.67. The van der Waals surface area contributed by atoms with Crippen LogP contribution in [-0.4, -0.2) is 23.1 Å². The van der Waals surface area contributed by atoms with Crippen molar-refractivity contribution in [1.29, 1.82) is 0 Å². The third-order valence-corrected chi connectivity index (χ3v) is 3.39. The lowest BCUT2D eigenvalue weighted by Crippen LogP contribution is -2.40. The van der Waals surface area contributed by atoms with Crippen LogP contribution in [0.5, 0.6) is 0 Å². The zero-order valence-electron chi connectivity index (χ0n) is 9.75. The minimum Gasteiger partial charge on any atom is -0.480 e. The van der Waals surface area contributed by atoms with Crippen molar-refractivity contribution in [2.24, 2.45) is 0 Å². The number of carboxylic acids is 1. The molecule has 0 spiro atoms. The van der Waals surface area contributed by atoms with Gasteiger partial charge in [0, 0.05) is 8.95 Å². The number of benzene rings is 1. The van der Waals surface area contributed by atoms with Crippen molar-refractivity contribution in [1.82, 2.24) is 5.32 Å². The highest BCUT2D eigenvalue weighted by Crippen LogP contribution is 2.32. The van der Waals surface area contributed by atoms with Crippen LogP contribution in [0.4, 0.5) is 10.5 Å². The van der Waals surface area contributed by atoms with E-state index in [1.54, 1.807) is 0 Å². The Balaban J connectivity index is 2.80. The molecule has 0 unspecified atom stereocenters. The number of urea groups is 1. The monoisotopic (exact) mass is 378 g/mol. The molecule has 1 atom stereocenters. The summed E-state index contributed by atoms with van der Waals surface area (Å²) in [6.45, 7) is 3.31. The lowest BCUT2D eigenvalue weighted by molar-refractivity contribution is -0.138. The summed E-state index contributed by atoms with van der Waals surface area (Å²) in [5.74, 6) is -1.09. The van der Waals surface area contributed by atoms with Gasteiger partial charge in [0.05, 0.1) is 5.69 Å². The van der Waals surface area contributed by atoms with Gasteiger partial charge in [-0.2, -0.15) is 0 Å². The number of carbonyl (C=O) groups is 2. The molecule has 1 aromatic carbocycles. The lowest BCUT2D eigenvalue weighted by Gasteiger charge is -2.13. The van der Waals surface area contributed by atoms with Crippen molar-refractivity contribution in [3.05, 3.63) is 26.6 Å². The third kappa shape index (κ3) is 3.99. The van der Waals surface area contributed by atoms with E-state index in [4.69, 9.17) is 5.11 Å². The molecule has 0 aliphatic heterocycles. The zero-order chi connectivity index (χ0) is 13.9. The first-order chi connectivity index (χ1) is 8.31. The zero-order valence-corrected chi connectivity index (χ0v) is 12.9. The fourth-order valence-electron chi connectivity index (χ4n) is 1.23. The minimum atomic E-state index is -1.09. The van der Waals surface area contributed by atoms with Crippen molar-refractivity contribution < 1.29 is 14.7 Å². The summed E-state index contributed by atoms with van der Waals surface area (Å²) in [5.41, 5.74) is 1.58. The number of anilines is 1. The SMILES string of the molecule is Cc1cc(Br)c(NC(=O)N[C@@H](C)C(=O)O)c(Br)c1. The summed E-state index contributed by atoms with van der Waals surface area (Å²) < 4.78 is 1.43. The molecule has 18 heavy (non-hydrogen) atoms. The molecule has 0 heterocycles. The van der Waals surface area contributed by atoms with Crippen LogP contribution in [0, 0.1) is 6.92 Å². The van der Waals surface area contributed by atoms with Crippen molar-refractivity contribution in [2.75, 3.05) is 5.32 Å². The minimum absolute atomic E-state index is 0.552. The molecule has 0 saturated carbocycles. The molecule has 0 bridgehead atoms. The predicted molar refractivity (Wildman–Crippen MR) is 75.8 cm³/mol. The van der Waals surface area contributed by atoms with E-state index in [0.717, 1.165) is 5.56 Å². The average molecular weight is 380 g/mol. The van der Waals surface area contributed by atoms with Crippen LogP contribution in [0.3, 0.4) is 0 Å². The van der Waals surface area contributed by atoms with Gasteiger partial charge in [-0.25, -0.2) is 4.79 Å². The fourth-order valence-corrected chi connectivity index (χ4v) is 2.84. The van der Waals surface area contributed by atoms with Crippen LogP contribution in [0.25, 0.3) is 0 Å². The molecule has 2 amide bonds. The number of hydrogen-bond donors (Lipinski definition) is 3. The molecule has 0 fully saturated rings. The Morgan fingerprint density at radius 1 is 1.28 bits per heavy atom. The second-order valence-electron chi connectivity index (χ2n) is 3.76. The molecule has 0 aliphatic carbocycles. The summed E-state index contributed by atoms with van der Waals surface area (Å²) in [7, 11) is 0. The maximum atomic E-state index is 11.6. The van der Waals surface area contributed by atoms with E-state index in [-0.39, 0.29) is 0 Å². The maximum Gasteiger partial charge on any atom is 0.325 e. The highest BCUT2D eigenvalue weighted by molar-refractivity contribution is 9.11. The summed E-state index contributed by atoms with van der Waals surface area (Å²) in [6, 6.07) is 2.17. The summed E-state index contributed by atoms with van der Waals surface area (Å²) in [6.07, 6.45) is 0. The number of carbonyl (C=O) groups excluding carboxylic acids is 1. The lowest BCUT2D eigenvalue weighted by atomic mass is 10.2. The van der Waals surface area contributed by atoms with E-state index in [1.807, 2.05) is 19.1 Å². The molecule has 0 aliphatic rings. The molecule has 0 radical (unpaired) electrons. The molecule has 1 aromatic rings. The van der Waals surface area contributed by atoms with E-state index in [2.05, 4.69) is 42.5 Å². The standard InChI is InChI=1S/C11H12Br2N2O3/c1-5-3-7(12)9(8(13)4-5)15-11(18)14-6(2)10(16)17/h3-4,6H,1-2H3,(H,16,17)(H2,14,15,18)/t6-/m0/s1. The number of halogens is 2. The van der Waals surface area contributed by atoms with Gasteiger partial charge in [0.1, 0.15) is 6.04 Å². The number of aryl methyl sites for hydroxylation is 1. The number of nitrogens with one attached hydrogen (secondary N) is 2. The molecule has 98 valence electrons. The first-order valence-corrected chi connectivity index (χ1v) is 6.66. The third-order valence-electron chi connectivity index (χ3n) is 2.14. The van der Waals surface area contributed by atoms with Crippen LogP contribution in [0.15, 0.2) is 21.1 Å². The normalized spacial score (nSPS) is 11.8. The van der Waals surface area contributed by atoms with Gasteiger partial charge >= 0.3 is 12.0 Å².